The van der Waals surface area contributed by atoms with Crippen LogP contribution in [0.1, 0.15) is 16.0 Å². The minimum atomic E-state index is -3.56. The molecule has 0 unspecified atom stereocenters. The molecule has 1 aromatic carbocycles. The van der Waals surface area contributed by atoms with Gasteiger partial charge >= 0.3 is 0 Å². The quantitative estimate of drug-likeness (QED) is 0.885. The average molecular weight is 331 g/mol. The molecule has 0 aliphatic rings. The van der Waals surface area contributed by atoms with Gasteiger partial charge in [0, 0.05) is 23.0 Å². The second-order valence-electron chi connectivity index (χ2n) is 4.31. The van der Waals surface area contributed by atoms with Crippen LogP contribution in [0.15, 0.2) is 34.5 Å². The largest absolute Gasteiger partial charge is 0.326 e. The highest BCUT2D eigenvalue weighted by Crippen LogP contribution is 2.21. The third-order valence-corrected chi connectivity index (χ3v) is 5.73. The topological polar surface area (TPSA) is 72.2 Å². The van der Waals surface area contributed by atoms with Crippen molar-refractivity contribution >= 4 is 33.0 Å². The van der Waals surface area contributed by atoms with Gasteiger partial charge in [-0.2, -0.15) is 0 Å². The highest BCUT2D eigenvalue weighted by molar-refractivity contribution is 7.89. The summed E-state index contributed by atoms with van der Waals surface area (Å²) < 4.78 is 27.0. The minimum absolute atomic E-state index is 0.177. The van der Waals surface area contributed by atoms with Crippen LogP contribution in [0, 0.1) is 6.92 Å². The van der Waals surface area contributed by atoms with Gasteiger partial charge in [0.2, 0.25) is 10.0 Å². The number of aryl methyl sites for hydroxylation is 1. The normalized spacial score (nSPS) is 11.8. The van der Waals surface area contributed by atoms with Crippen molar-refractivity contribution in [3.63, 3.8) is 0 Å². The lowest BCUT2D eigenvalue weighted by molar-refractivity contribution is 0.581. The molecule has 2 rings (SSSR count). The smallest absolute Gasteiger partial charge is 0.240 e. The third-order valence-electron chi connectivity index (χ3n) is 2.94. The van der Waals surface area contributed by atoms with Crippen LogP contribution in [-0.4, -0.2) is 8.42 Å². The van der Waals surface area contributed by atoms with Crippen molar-refractivity contribution in [2.45, 2.75) is 24.9 Å². The molecule has 0 amide bonds. The fourth-order valence-electron chi connectivity index (χ4n) is 1.70. The van der Waals surface area contributed by atoms with Crippen LogP contribution < -0.4 is 10.5 Å². The summed E-state index contributed by atoms with van der Waals surface area (Å²) in [6, 6.07) is 6.49. The van der Waals surface area contributed by atoms with E-state index in [1.807, 2.05) is 18.4 Å². The Morgan fingerprint density at radius 2 is 2.10 bits per heavy atom. The zero-order valence-electron chi connectivity index (χ0n) is 10.9. The Labute approximate surface area is 127 Å². The Morgan fingerprint density at radius 3 is 2.70 bits per heavy atom. The predicted molar refractivity (Wildman–Crippen MR) is 82.4 cm³/mol. The van der Waals surface area contributed by atoms with Gasteiger partial charge in [-0.05, 0) is 47.7 Å². The van der Waals surface area contributed by atoms with Crippen molar-refractivity contribution in [1.82, 2.24) is 4.72 Å². The molecule has 0 aliphatic carbocycles. The number of sulfonamides is 1. The number of benzene rings is 1. The van der Waals surface area contributed by atoms with Gasteiger partial charge < -0.3 is 5.73 Å². The van der Waals surface area contributed by atoms with Crippen LogP contribution in [0.25, 0.3) is 0 Å². The summed E-state index contributed by atoms with van der Waals surface area (Å²) in [5.74, 6) is 0. The zero-order chi connectivity index (χ0) is 14.8. The third kappa shape index (κ3) is 3.39. The molecule has 0 saturated heterocycles. The molecule has 3 N–H and O–H groups in total. The number of nitrogens with two attached hydrogens (primary N) is 1. The molecule has 0 spiro atoms. The van der Waals surface area contributed by atoms with Crippen molar-refractivity contribution < 1.29 is 8.42 Å². The van der Waals surface area contributed by atoms with E-state index in [-0.39, 0.29) is 18.0 Å². The molecule has 7 heteroatoms. The molecule has 1 aromatic heterocycles. The Hall–Kier alpha value is -0.920. The summed E-state index contributed by atoms with van der Waals surface area (Å²) in [4.78, 5) is 1.18. The first-order valence-electron chi connectivity index (χ1n) is 5.95. The number of halogens is 1. The Kier molecular flexibility index (Phi) is 4.82. The predicted octanol–water partition coefficient (Wildman–Crippen LogP) is 2.65. The van der Waals surface area contributed by atoms with Gasteiger partial charge in [0.05, 0.1) is 4.90 Å². The second-order valence-corrected chi connectivity index (χ2v) is 7.48. The average Bonchev–Trinajstić information content (AvgIpc) is 2.82. The summed E-state index contributed by atoms with van der Waals surface area (Å²) >= 11 is 7.46. The molecule has 108 valence electrons. The standard InChI is InChI=1S/C13H15ClN2O2S2/c1-9-4-5-19-13(9)8-16-20(17,18)11-2-3-12(14)10(6-11)7-15/h2-6,16H,7-8,15H2,1H3. The molecule has 0 radical (unpaired) electrons. The van der Waals surface area contributed by atoms with E-state index in [9.17, 15) is 8.42 Å². The second kappa shape index (κ2) is 6.24. The molecule has 0 saturated carbocycles. The Bertz CT molecular complexity index is 711. The maximum absolute atomic E-state index is 12.2. The van der Waals surface area contributed by atoms with Crippen LogP contribution in [0.2, 0.25) is 5.02 Å². The molecular formula is C13H15ClN2O2S2. The van der Waals surface area contributed by atoms with E-state index in [1.165, 1.54) is 23.5 Å². The van der Waals surface area contributed by atoms with E-state index >= 15 is 0 Å². The van der Waals surface area contributed by atoms with Gasteiger partial charge in [0.1, 0.15) is 0 Å². The Morgan fingerprint density at radius 1 is 1.35 bits per heavy atom. The summed E-state index contributed by atoms with van der Waals surface area (Å²) in [5, 5.41) is 2.41. The number of hydrogen-bond donors (Lipinski definition) is 2. The molecule has 0 bridgehead atoms. The molecule has 1 heterocycles. The van der Waals surface area contributed by atoms with Crippen molar-refractivity contribution in [3.8, 4) is 0 Å². The van der Waals surface area contributed by atoms with Gasteiger partial charge in [0.15, 0.2) is 0 Å². The monoisotopic (exact) mass is 330 g/mol. The highest BCUT2D eigenvalue weighted by Gasteiger charge is 2.16. The van der Waals surface area contributed by atoms with Crippen molar-refractivity contribution in [2.75, 3.05) is 0 Å². The van der Waals surface area contributed by atoms with Gasteiger partial charge in [-0.15, -0.1) is 11.3 Å². The minimum Gasteiger partial charge on any atom is -0.326 e. The summed E-state index contributed by atoms with van der Waals surface area (Å²) in [7, 11) is -3.56. The highest BCUT2D eigenvalue weighted by atomic mass is 35.5. The Balaban J connectivity index is 2.20. The fourth-order valence-corrected chi connectivity index (χ4v) is 3.88. The molecule has 20 heavy (non-hydrogen) atoms. The molecule has 2 aromatic rings. The number of hydrogen-bond acceptors (Lipinski definition) is 4. The fraction of sp³-hybridized carbons (Fsp3) is 0.231. The van der Waals surface area contributed by atoms with E-state index in [4.69, 9.17) is 17.3 Å². The van der Waals surface area contributed by atoms with Gasteiger partial charge in [-0.1, -0.05) is 11.6 Å². The lowest BCUT2D eigenvalue weighted by atomic mass is 10.2. The van der Waals surface area contributed by atoms with Crippen molar-refractivity contribution in [2.24, 2.45) is 5.73 Å². The SMILES string of the molecule is Cc1ccsc1CNS(=O)(=O)c1ccc(Cl)c(CN)c1. The first kappa shape index (κ1) is 15.5. The molecule has 0 atom stereocenters. The van der Waals surface area contributed by atoms with Crippen molar-refractivity contribution in [1.29, 1.82) is 0 Å². The van der Waals surface area contributed by atoms with Crippen molar-refractivity contribution in [3.05, 3.63) is 50.7 Å². The van der Waals surface area contributed by atoms with Crippen LogP contribution in [-0.2, 0) is 23.1 Å². The number of thiophene rings is 1. The van der Waals surface area contributed by atoms with E-state index in [1.54, 1.807) is 6.07 Å². The van der Waals surface area contributed by atoms with Crippen LogP contribution >= 0.6 is 22.9 Å². The van der Waals surface area contributed by atoms with E-state index in [0.29, 0.717) is 10.6 Å². The van der Waals surface area contributed by atoms with Crippen LogP contribution in [0.5, 0.6) is 0 Å². The molecular weight excluding hydrogens is 316 g/mol. The summed E-state index contributed by atoms with van der Waals surface area (Å²) in [5.41, 5.74) is 7.23. The zero-order valence-corrected chi connectivity index (χ0v) is 13.3. The maximum atomic E-state index is 12.2. The van der Waals surface area contributed by atoms with Crippen LogP contribution in [0.3, 0.4) is 0 Å². The van der Waals surface area contributed by atoms with Gasteiger partial charge in [-0.3, -0.25) is 0 Å². The summed E-state index contributed by atoms with van der Waals surface area (Å²) in [6.45, 7) is 2.44. The molecule has 0 aliphatic heterocycles. The first-order valence-corrected chi connectivity index (χ1v) is 8.69. The van der Waals surface area contributed by atoms with Gasteiger partial charge in [0.25, 0.3) is 0 Å². The number of rotatable bonds is 5. The first-order chi connectivity index (χ1) is 9.44. The van der Waals surface area contributed by atoms with Gasteiger partial charge in [-0.25, -0.2) is 13.1 Å². The summed E-state index contributed by atoms with van der Waals surface area (Å²) in [6.07, 6.45) is 0. The van der Waals surface area contributed by atoms with E-state index < -0.39 is 10.0 Å². The maximum Gasteiger partial charge on any atom is 0.240 e. The molecule has 4 nitrogen and oxygen atoms in total. The number of nitrogens with one attached hydrogen (secondary N) is 1. The van der Waals surface area contributed by atoms with E-state index in [0.717, 1.165) is 10.4 Å². The molecule has 0 fully saturated rings. The lowest BCUT2D eigenvalue weighted by Crippen LogP contribution is -2.23. The van der Waals surface area contributed by atoms with Crippen LogP contribution in [0.4, 0.5) is 0 Å². The lowest BCUT2D eigenvalue weighted by Gasteiger charge is -2.09. The van der Waals surface area contributed by atoms with E-state index in [2.05, 4.69) is 4.72 Å².